The van der Waals surface area contributed by atoms with Gasteiger partial charge in [0.1, 0.15) is 17.3 Å². The third-order valence-electron chi connectivity index (χ3n) is 2.46. The standard InChI is InChI=1S/C11H12BrN3O5S/c1-5-8(15(19)20)3-13-10(9(5)12)21-4-7(11(17)18)14-6(2)16/h3,7H,4H2,1-2H3,(H,14,16)(H,17,18). The number of nitrogens with one attached hydrogen (secondary N) is 1. The van der Waals surface area contributed by atoms with Gasteiger partial charge in [0.05, 0.1) is 9.40 Å². The average Bonchev–Trinajstić information content (AvgIpc) is 2.37. The monoisotopic (exact) mass is 377 g/mol. The highest BCUT2D eigenvalue weighted by atomic mass is 79.9. The van der Waals surface area contributed by atoms with E-state index in [-0.39, 0.29) is 11.4 Å². The third kappa shape index (κ3) is 4.67. The van der Waals surface area contributed by atoms with Crippen LogP contribution < -0.4 is 5.32 Å². The van der Waals surface area contributed by atoms with Crippen molar-refractivity contribution >= 4 is 45.3 Å². The van der Waals surface area contributed by atoms with E-state index in [4.69, 9.17) is 5.11 Å². The summed E-state index contributed by atoms with van der Waals surface area (Å²) in [6.07, 6.45) is 1.12. The van der Waals surface area contributed by atoms with Crippen molar-refractivity contribution in [3.8, 4) is 0 Å². The maximum absolute atomic E-state index is 11.0. The molecule has 2 N–H and O–H groups in total. The van der Waals surface area contributed by atoms with Gasteiger partial charge in [0.15, 0.2) is 0 Å². The van der Waals surface area contributed by atoms with E-state index in [0.717, 1.165) is 18.0 Å². The van der Waals surface area contributed by atoms with Gasteiger partial charge in [-0.3, -0.25) is 14.9 Å². The molecule has 1 aromatic heterocycles. The van der Waals surface area contributed by atoms with Gasteiger partial charge in [-0.25, -0.2) is 9.78 Å². The maximum Gasteiger partial charge on any atom is 0.327 e. The van der Waals surface area contributed by atoms with Gasteiger partial charge in [0.25, 0.3) is 5.69 Å². The second-order valence-corrected chi connectivity index (χ2v) is 5.85. The summed E-state index contributed by atoms with van der Waals surface area (Å²) in [5.74, 6) is -1.56. The Balaban J connectivity index is 2.88. The number of carbonyl (C=O) groups is 2. The Kier molecular flexibility index (Phi) is 6.09. The first-order chi connectivity index (χ1) is 9.73. The summed E-state index contributed by atoms with van der Waals surface area (Å²) in [6, 6.07) is -1.06. The molecule has 0 fully saturated rings. The Labute approximate surface area is 132 Å². The van der Waals surface area contributed by atoms with Gasteiger partial charge < -0.3 is 10.4 Å². The molecule has 0 aliphatic rings. The number of amides is 1. The molecule has 0 saturated carbocycles. The number of rotatable bonds is 6. The summed E-state index contributed by atoms with van der Waals surface area (Å²) in [6.45, 7) is 2.79. The minimum absolute atomic E-state index is 0.0533. The highest BCUT2D eigenvalue weighted by molar-refractivity contribution is 9.10. The molecule has 0 bridgehead atoms. The molecule has 0 radical (unpaired) electrons. The molecule has 21 heavy (non-hydrogen) atoms. The number of nitro groups is 1. The van der Waals surface area contributed by atoms with Crippen LogP contribution in [0.4, 0.5) is 5.69 Å². The van der Waals surface area contributed by atoms with Crippen LogP contribution in [0.25, 0.3) is 0 Å². The van der Waals surface area contributed by atoms with E-state index in [1.165, 1.54) is 6.92 Å². The summed E-state index contributed by atoms with van der Waals surface area (Å²) >= 11 is 4.30. The van der Waals surface area contributed by atoms with Crippen LogP contribution in [-0.2, 0) is 9.59 Å². The van der Waals surface area contributed by atoms with Crippen molar-refractivity contribution in [3.05, 3.63) is 26.3 Å². The highest BCUT2D eigenvalue weighted by Crippen LogP contribution is 2.33. The van der Waals surface area contributed by atoms with Crippen LogP contribution in [0.1, 0.15) is 12.5 Å². The number of aromatic nitrogens is 1. The Hall–Kier alpha value is -1.68. The molecule has 1 aromatic rings. The molecule has 0 aliphatic carbocycles. The number of carboxylic acids is 1. The number of carboxylic acid groups (broad SMARTS) is 1. The third-order valence-corrected chi connectivity index (χ3v) is 4.78. The number of pyridine rings is 1. The quantitative estimate of drug-likeness (QED) is 0.439. The number of aliphatic carboxylic acids is 1. The van der Waals surface area contributed by atoms with Crippen LogP contribution in [0.15, 0.2) is 15.7 Å². The molecule has 1 amide bonds. The fourth-order valence-corrected chi connectivity index (χ4v) is 3.02. The van der Waals surface area contributed by atoms with Crippen molar-refractivity contribution in [1.82, 2.24) is 10.3 Å². The minimum atomic E-state index is -1.16. The van der Waals surface area contributed by atoms with Gasteiger partial charge >= 0.3 is 5.97 Å². The van der Waals surface area contributed by atoms with E-state index < -0.39 is 22.8 Å². The molecule has 0 saturated heterocycles. The van der Waals surface area contributed by atoms with E-state index in [9.17, 15) is 19.7 Å². The minimum Gasteiger partial charge on any atom is -0.480 e. The Morgan fingerprint density at radius 3 is 2.71 bits per heavy atom. The van der Waals surface area contributed by atoms with Crippen LogP contribution in [0.5, 0.6) is 0 Å². The fraction of sp³-hybridized carbons (Fsp3) is 0.364. The van der Waals surface area contributed by atoms with Gasteiger partial charge in [-0.1, -0.05) is 0 Å². The molecule has 1 atom stereocenters. The molecule has 1 unspecified atom stereocenters. The zero-order valence-corrected chi connectivity index (χ0v) is 13.5. The second-order valence-electron chi connectivity index (χ2n) is 4.05. The lowest BCUT2D eigenvalue weighted by Crippen LogP contribution is -2.41. The molecule has 0 aliphatic heterocycles. The first kappa shape index (κ1) is 17.4. The van der Waals surface area contributed by atoms with E-state index in [0.29, 0.717) is 15.1 Å². The summed E-state index contributed by atoms with van der Waals surface area (Å²) in [5.41, 5.74) is 0.284. The lowest BCUT2D eigenvalue weighted by atomic mass is 10.2. The Morgan fingerprint density at radius 2 is 2.24 bits per heavy atom. The van der Waals surface area contributed by atoms with Gasteiger partial charge in [-0.05, 0) is 22.9 Å². The van der Waals surface area contributed by atoms with E-state index in [1.54, 1.807) is 6.92 Å². The number of carbonyl (C=O) groups excluding carboxylic acids is 1. The predicted octanol–water partition coefficient (Wildman–Crippen LogP) is 1.74. The predicted molar refractivity (Wildman–Crippen MR) is 79.3 cm³/mol. The number of hydrogen-bond donors (Lipinski definition) is 2. The zero-order valence-electron chi connectivity index (χ0n) is 11.1. The number of nitrogens with zero attached hydrogens (tertiary/aromatic N) is 2. The van der Waals surface area contributed by atoms with Crippen LogP contribution >= 0.6 is 27.7 Å². The van der Waals surface area contributed by atoms with Crippen molar-refractivity contribution in [2.45, 2.75) is 24.9 Å². The molecule has 1 rings (SSSR count). The van der Waals surface area contributed by atoms with E-state index in [1.807, 2.05) is 0 Å². The summed E-state index contributed by atoms with van der Waals surface area (Å²) in [4.78, 5) is 36.1. The summed E-state index contributed by atoms with van der Waals surface area (Å²) < 4.78 is 0.439. The lowest BCUT2D eigenvalue weighted by molar-refractivity contribution is -0.385. The average molecular weight is 378 g/mol. The van der Waals surface area contributed by atoms with E-state index >= 15 is 0 Å². The zero-order chi connectivity index (χ0) is 16.2. The molecular weight excluding hydrogens is 366 g/mol. The normalized spacial score (nSPS) is 11.8. The first-order valence-corrected chi connectivity index (χ1v) is 7.44. The summed E-state index contributed by atoms with van der Waals surface area (Å²) in [5, 5.41) is 22.5. The first-order valence-electron chi connectivity index (χ1n) is 5.66. The lowest BCUT2D eigenvalue weighted by Gasteiger charge is -2.13. The van der Waals surface area contributed by atoms with Crippen molar-refractivity contribution < 1.29 is 19.6 Å². The van der Waals surface area contributed by atoms with Crippen molar-refractivity contribution in [2.75, 3.05) is 5.75 Å². The van der Waals surface area contributed by atoms with Crippen LogP contribution in [0.3, 0.4) is 0 Å². The molecule has 10 heteroatoms. The highest BCUT2D eigenvalue weighted by Gasteiger charge is 2.22. The number of halogens is 1. The van der Waals surface area contributed by atoms with Crippen molar-refractivity contribution in [2.24, 2.45) is 0 Å². The van der Waals surface area contributed by atoms with Crippen molar-refractivity contribution in [1.29, 1.82) is 0 Å². The van der Waals surface area contributed by atoms with Crippen LogP contribution in [-0.4, -0.2) is 38.7 Å². The van der Waals surface area contributed by atoms with Gasteiger partial charge in [-0.15, -0.1) is 11.8 Å². The topological polar surface area (TPSA) is 122 Å². The Morgan fingerprint density at radius 1 is 1.62 bits per heavy atom. The molecular formula is C11H12BrN3O5S. The molecule has 0 spiro atoms. The second kappa shape index (κ2) is 7.36. The number of thioether (sulfide) groups is 1. The smallest absolute Gasteiger partial charge is 0.327 e. The maximum atomic E-state index is 11.0. The Bertz CT molecular complexity index is 595. The fourth-order valence-electron chi connectivity index (χ4n) is 1.41. The SMILES string of the molecule is CC(=O)NC(CSc1ncc([N+](=O)[O-])c(C)c1Br)C(=O)O. The molecule has 114 valence electrons. The molecule has 1 heterocycles. The number of hydrogen-bond acceptors (Lipinski definition) is 6. The van der Waals surface area contributed by atoms with Gasteiger partial charge in [-0.2, -0.15) is 0 Å². The largest absolute Gasteiger partial charge is 0.480 e. The van der Waals surface area contributed by atoms with Crippen LogP contribution in [0.2, 0.25) is 0 Å². The van der Waals surface area contributed by atoms with Gasteiger partial charge in [0.2, 0.25) is 5.91 Å². The molecule has 8 nitrogen and oxygen atoms in total. The van der Waals surface area contributed by atoms with Gasteiger partial charge in [0, 0.05) is 18.2 Å². The van der Waals surface area contributed by atoms with Crippen molar-refractivity contribution in [3.63, 3.8) is 0 Å². The molecule has 0 aromatic carbocycles. The summed E-state index contributed by atoms with van der Waals surface area (Å²) in [7, 11) is 0. The van der Waals surface area contributed by atoms with E-state index in [2.05, 4.69) is 26.2 Å². The van der Waals surface area contributed by atoms with Crippen LogP contribution in [0, 0.1) is 17.0 Å².